The third-order valence-electron chi connectivity index (χ3n) is 4.12. The normalized spacial score (nSPS) is 11.5. The lowest BCUT2D eigenvalue weighted by Crippen LogP contribution is -2.13. The highest BCUT2D eigenvalue weighted by atomic mass is 79.9. The van der Waals surface area contributed by atoms with Crippen LogP contribution in [0.3, 0.4) is 0 Å². The Balaban J connectivity index is 1.74. The quantitative estimate of drug-likeness (QED) is 0.155. The number of esters is 1. The molecule has 1 aromatic heterocycles. The van der Waals surface area contributed by atoms with Crippen LogP contribution in [0.1, 0.15) is 22.8 Å². The molecule has 12 heteroatoms. The standard InChI is InChI=1S/C21H15BrN4O5S2/c1-2-33(29,30)21-26-25-20(32-21)24-18(27)15(12-23)10-13-8-9-17(16(22)11-13)31-19(28)14-6-4-3-5-7-14/h3-11H,2H2,1H3,(H,24,25,27). The lowest BCUT2D eigenvalue weighted by atomic mass is 10.1. The minimum absolute atomic E-state index is 0.0440. The number of nitrogens with one attached hydrogen (secondary N) is 1. The first-order valence-corrected chi connectivity index (χ1v) is 12.6. The largest absolute Gasteiger partial charge is 0.422 e. The summed E-state index contributed by atoms with van der Waals surface area (Å²) in [5.74, 6) is -1.18. The average molecular weight is 547 g/mol. The van der Waals surface area contributed by atoms with Gasteiger partial charge in [-0.2, -0.15) is 5.26 Å². The molecule has 0 aliphatic carbocycles. The molecule has 0 radical (unpaired) electrons. The highest BCUT2D eigenvalue weighted by Crippen LogP contribution is 2.28. The molecule has 33 heavy (non-hydrogen) atoms. The zero-order valence-corrected chi connectivity index (χ0v) is 20.2. The van der Waals surface area contributed by atoms with Crippen LogP contribution in [-0.2, 0) is 14.6 Å². The highest BCUT2D eigenvalue weighted by Gasteiger charge is 2.20. The number of nitriles is 1. The van der Waals surface area contributed by atoms with E-state index in [1.54, 1.807) is 48.5 Å². The van der Waals surface area contributed by atoms with E-state index in [1.165, 1.54) is 19.1 Å². The fourth-order valence-corrected chi connectivity index (χ4v) is 4.87. The van der Waals surface area contributed by atoms with Crippen LogP contribution in [0.15, 0.2) is 62.9 Å². The van der Waals surface area contributed by atoms with Crippen LogP contribution in [0.2, 0.25) is 0 Å². The van der Waals surface area contributed by atoms with Crippen molar-refractivity contribution in [2.75, 3.05) is 11.1 Å². The van der Waals surface area contributed by atoms with Crippen LogP contribution < -0.4 is 10.1 Å². The second kappa shape index (κ2) is 10.5. The molecular weight excluding hydrogens is 532 g/mol. The summed E-state index contributed by atoms with van der Waals surface area (Å²) in [7, 11) is -3.55. The minimum Gasteiger partial charge on any atom is -0.422 e. The first-order valence-electron chi connectivity index (χ1n) is 9.29. The molecule has 0 atom stereocenters. The van der Waals surface area contributed by atoms with Gasteiger partial charge in [-0.05, 0) is 51.8 Å². The van der Waals surface area contributed by atoms with Crippen LogP contribution >= 0.6 is 27.3 Å². The van der Waals surface area contributed by atoms with Gasteiger partial charge in [0.2, 0.25) is 19.3 Å². The maximum atomic E-state index is 12.4. The summed E-state index contributed by atoms with van der Waals surface area (Å²) in [5, 5.41) is 18.9. The van der Waals surface area contributed by atoms with Gasteiger partial charge in [-0.3, -0.25) is 10.1 Å². The van der Waals surface area contributed by atoms with E-state index in [0.29, 0.717) is 26.9 Å². The van der Waals surface area contributed by atoms with E-state index in [2.05, 4.69) is 31.4 Å². The number of sulfone groups is 1. The molecule has 0 bridgehead atoms. The number of halogens is 1. The van der Waals surface area contributed by atoms with Gasteiger partial charge in [-0.1, -0.05) is 42.5 Å². The third-order valence-corrected chi connectivity index (χ3v) is 7.76. The third kappa shape index (κ3) is 6.10. The summed E-state index contributed by atoms with van der Waals surface area (Å²) >= 11 is 4.02. The molecule has 9 nitrogen and oxygen atoms in total. The van der Waals surface area contributed by atoms with Gasteiger partial charge >= 0.3 is 5.97 Å². The van der Waals surface area contributed by atoms with Crippen molar-refractivity contribution in [3.05, 3.63) is 69.7 Å². The summed E-state index contributed by atoms with van der Waals surface area (Å²) in [6, 6.07) is 15.0. The van der Waals surface area contributed by atoms with Crippen molar-refractivity contribution in [1.29, 1.82) is 5.26 Å². The highest BCUT2D eigenvalue weighted by molar-refractivity contribution is 9.10. The maximum absolute atomic E-state index is 12.4. The van der Waals surface area contributed by atoms with Crippen molar-refractivity contribution in [2.24, 2.45) is 0 Å². The van der Waals surface area contributed by atoms with E-state index in [0.717, 1.165) is 0 Å². The number of nitrogens with zero attached hydrogens (tertiary/aromatic N) is 3. The number of anilines is 1. The van der Waals surface area contributed by atoms with Gasteiger partial charge in [0.05, 0.1) is 15.8 Å². The molecule has 1 heterocycles. The molecular formula is C21H15BrN4O5S2. The number of carbonyl (C=O) groups excluding carboxylic acids is 2. The summed E-state index contributed by atoms with van der Waals surface area (Å²) in [5.41, 5.74) is 0.633. The van der Waals surface area contributed by atoms with E-state index < -0.39 is 21.7 Å². The minimum atomic E-state index is -3.55. The second-order valence-electron chi connectivity index (χ2n) is 6.35. The first-order chi connectivity index (χ1) is 15.7. The first kappa shape index (κ1) is 24.2. The Morgan fingerprint density at radius 3 is 2.58 bits per heavy atom. The van der Waals surface area contributed by atoms with Gasteiger partial charge < -0.3 is 4.74 Å². The van der Waals surface area contributed by atoms with Gasteiger partial charge in [0.1, 0.15) is 17.4 Å². The molecule has 3 rings (SSSR count). The fraction of sp³-hybridized carbons (Fsp3) is 0.0952. The van der Waals surface area contributed by atoms with E-state index in [4.69, 9.17) is 4.74 Å². The Kier molecular flexibility index (Phi) is 7.70. The summed E-state index contributed by atoms with van der Waals surface area (Å²) in [6.07, 6.45) is 1.33. The Labute approximate surface area is 201 Å². The topological polar surface area (TPSA) is 139 Å². The van der Waals surface area contributed by atoms with E-state index in [-0.39, 0.29) is 26.5 Å². The fourth-order valence-electron chi connectivity index (χ4n) is 2.41. The molecule has 2 aromatic carbocycles. The predicted molar refractivity (Wildman–Crippen MR) is 125 cm³/mol. The molecule has 0 aliphatic heterocycles. The predicted octanol–water partition coefficient (Wildman–Crippen LogP) is 3.86. The van der Waals surface area contributed by atoms with Crippen LogP contribution in [0.4, 0.5) is 5.13 Å². The molecule has 1 amide bonds. The molecule has 0 fully saturated rings. The van der Waals surface area contributed by atoms with Crippen molar-refractivity contribution in [3.8, 4) is 11.8 Å². The van der Waals surface area contributed by atoms with Gasteiger partial charge in [-0.25, -0.2) is 13.2 Å². The second-order valence-corrected chi connectivity index (χ2v) is 10.6. The van der Waals surface area contributed by atoms with Crippen LogP contribution in [-0.4, -0.2) is 36.2 Å². The Bertz CT molecular complexity index is 1380. The zero-order valence-electron chi connectivity index (χ0n) is 17.0. The summed E-state index contributed by atoms with van der Waals surface area (Å²) in [6.45, 7) is 1.47. The molecule has 3 aromatic rings. The molecule has 0 saturated heterocycles. The van der Waals surface area contributed by atoms with Crippen LogP contribution in [0.5, 0.6) is 5.75 Å². The number of aromatic nitrogens is 2. The van der Waals surface area contributed by atoms with Gasteiger partial charge in [0.15, 0.2) is 0 Å². The maximum Gasteiger partial charge on any atom is 0.343 e. The smallest absolute Gasteiger partial charge is 0.343 e. The Hall–Kier alpha value is -3.40. The molecule has 0 aliphatic rings. The van der Waals surface area contributed by atoms with Gasteiger partial charge in [0.25, 0.3) is 5.91 Å². The number of rotatable bonds is 7. The van der Waals surface area contributed by atoms with Crippen LogP contribution in [0.25, 0.3) is 6.08 Å². The number of carbonyl (C=O) groups is 2. The number of ether oxygens (including phenoxy) is 1. The summed E-state index contributed by atoms with van der Waals surface area (Å²) < 4.78 is 29.3. The molecule has 168 valence electrons. The monoisotopic (exact) mass is 546 g/mol. The Morgan fingerprint density at radius 2 is 1.94 bits per heavy atom. The number of hydrogen-bond donors (Lipinski definition) is 1. The van der Waals surface area contributed by atoms with E-state index in [9.17, 15) is 23.3 Å². The van der Waals surface area contributed by atoms with Crippen molar-refractivity contribution < 1.29 is 22.7 Å². The molecule has 1 N–H and O–H groups in total. The lowest BCUT2D eigenvalue weighted by Gasteiger charge is -2.07. The SMILES string of the molecule is CCS(=O)(=O)c1nnc(NC(=O)C(C#N)=Cc2ccc(OC(=O)c3ccccc3)c(Br)c2)s1. The van der Waals surface area contributed by atoms with Crippen molar-refractivity contribution in [1.82, 2.24) is 10.2 Å². The number of amides is 1. The van der Waals surface area contributed by atoms with E-state index in [1.807, 2.05) is 0 Å². The number of benzene rings is 2. The number of hydrogen-bond acceptors (Lipinski definition) is 9. The van der Waals surface area contributed by atoms with Gasteiger partial charge in [-0.15, -0.1) is 10.2 Å². The van der Waals surface area contributed by atoms with Crippen molar-refractivity contribution in [3.63, 3.8) is 0 Å². The lowest BCUT2D eigenvalue weighted by molar-refractivity contribution is -0.112. The van der Waals surface area contributed by atoms with E-state index >= 15 is 0 Å². The Morgan fingerprint density at radius 1 is 1.21 bits per heavy atom. The van der Waals surface area contributed by atoms with Gasteiger partial charge in [0, 0.05) is 0 Å². The van der Waals surface area contributed by atoms with Crippen molar-refractivity contribution >= 4 is 60.2 Å². The molecule has 0 saturated carbocycles. The molecule has 0 unspecified atom stereocenters. The van der Waals surface area contributed by atoms with Crippen molar-refractivity contribution in [2.45, 2.75) is 11.3 Å². The molecule has 0 spiro atoms. The zero-order chi connectivity index (χ0) is 24.0. The summed E-state index contributed by atoms with van der Waals surface area (Å²) in [4.78, 5) is 24.7. The van der Waals surface area contributed by atoms with Crippen LogP contribution in [0, 0.1) is 11.3 Å². The average Bonchev–Trinajstić information content (AvgIpc) is 3.29.